The minimum Gasteiger partial charge on any atom is -0.452 e. The smallest absolute Gasteiger partial charge is 0.336 e. The molecule has 0 amide bonds. The van der Waals surface area contributed by atoms with Crippen molar-refractivity contribution in [1.29, 1.82) is 0 Å². The number of carbonyl (C=O) groups excluding carboxylic acids is 1. The van der Waals surface area contributed by atoms with Gasteiger partial charge in [0, 0.05) is 36.2 Å². The molecule has 1 fully saturated rings. The van der Waals surface area contributed by atoms with Gasteiger partial charge < -0.3 is 19.8 Å². The van der Waals surface area contributed by atoms with E-state index in [1.807, 2.05) is 0 Å². The second-order valence-corrected chi connectivity index (χ2v) is 6.77. The zero-order valence-electron chi connectivity index (χ0n) is 14.6. The van der Waals surface area contributed by atoms with Crippen LogP contribution in [-0.2, 0) is 0 Å². The van der Waals surface area contributed by atoms with E-state index in [0.717, 1.165) is 31.5 Å². The van der Waals surface area contributed by atoms with E-state index in [-0.39, 0.29) is 5.78 Å². The monoisotopic (exact) mass is 354 g/mol. The lowest BCUT2D eigenvalue weighted by atomic mass is 10.1. The first-order chi connectivity index (χ1) is 12.7. The summed E-state index contributed by atoms with van der Waals surface area (Å²) in [5.74, 6) is 0.729. The van der Waals surface area contributed by atoms with Crippen molar-refractivity contribution < 1.29 is 13.9 Å². The molecule has 0 atom stereocenters. The summed E-state index contributed by atoms with van der Waals surface area (Å²) in [4.78, 5) is 24.3. The van der Waals surface area contributed by atoms with Crippen LogP contribution in [0.5, 0.6) is 5.75 Å². The summed E-state index contributed by atoms with van der Waals surface area (Å²) >= 11 is 0. The number of benzene rings is 1. The number of fused-ring (bicyclic) bond motifs is 2. The molecule has 26 heavy (non-hydrogen) atoms. The zero-order chi connectivity index (χ0) is 17.9. The second kappa shape index (κ2) is 7.43. The van der Waals surface area contributed by atoms with Gasteiger partial charge in [-0.25, -0.2) is 4.79 Å². The van der Waals surface area contributed by atoms with Crippen LogP contribution >= 0.6 is 0 Å². The van der Waals surface area contributed by atoms with E-state index in [0.29, 0.717) is 41.1 Å². The average Bonchev–Trinajstić information content (AvgIpc) is 2.92. The third-order valence-electron chi connectivity index (χ3n) is 4.84. The van der Waals surface area contributed by atoms with Crippen molar-refractivity contribution in [3.8, 4) is 5.75 Å². The minimum atomic E-state index is -0.419. The van der Waals surface area contributed by atoms with Crippen molar-refractivity contribution in [1.82, 2.24) is 10.6 Å². The number of allylic oxidation sites excluding steroid dienone is 1. The Hall–Kier alpha value is -2.44. The molecule has 2 N–H and O–H groups in total. The van der Waals surface area contributed by atoms with Crippen LogP contribution in [-0.4, -0.2) is 32.0 Å². The Morgan fingerprint density at radius 2 is 1.62 bits per heavy atom. The van der Waals surface area contributed by atoms with Gasteiger partial charge >= 0.3 is 5.63 Å². The SMILES string of the molecule is O=C1C(=C2CNCCCCCCNC2)Oc2cc3oc(=O)ccc3cc21. The highest BCUT2D eigenvalue weighted by molar-refractivity contribution is 6.14. The Bertz CT molecular complexity index is 915. The predicted molar refractivity (Wildman–Crippen MR) is 98.7 cm³/mol. The molecule has 0 bridgehead atoms. The van der Waals surface area contributed by atoms with Crippen molar-refractivity contribution >= 4 is 16.8 Å². The fourth-order valence-corrected chi connectivity index (χ4v) is 3.43. The van der Waals surface area contributed by atoms with Crippen molar-refractivity contribution in [3.05, 3.63) is 51.6 Å². The number of rotatable bonds is 0. The molecule has 136 valence electrons. The first-order valence-corrected chi connectivity index (χ1v) is 9.16. The summed E-state index contributed by atoms with van der Waals surface area (Å²) in [6, 6.07) is 6.38. The normalized spacial score (nSPS) is 19.2. The molecule has 6 nitrogen and oxygen atoms in total. The molecule has 4 rings (SSSR count). The summed E-state index contributed by atoms with van der Waals surface area (Å²) in [5, 5.41) is 7.53. The Labute approximate surface area is 151 Å². The van der Waals surface area contributed by atoms with Gasteiger partial charge in [0.15, 0.2) is 5.76 Å². The van der Waals surface area contributed by atoms with Gasteiger partial charge in [0.05, 0.1) is 5.56 Å². The lowest BCUT2D eigenvalue weighted by Crippen LogP contribution is -2.28. The second-order valence-electron chi connectivity index (χ2n) is 6.77. The van der Waals surface area contributed by atoms with Crippen molar-refractivity contribution in [3.63, 3.8) is 0 Å². The lowest BCUT2D eigenvalue weighted by Gasteiger charge is -2.11. The topological polar surface area (TPSA) is 80.6 Å². The summed E-state index contributed by atoms with van der Waals surface area (Å²) in [6.45, 7) is 3.12. The summed E-state index contributed by atoms with van der Waals surface area (Å²) in [7, 11) is 0. The molecule has 0 unspecified atom stereocenters. The Morgan fingerprint density at radius 3 is 2.35 bits per heavy atom. The van der Waals surface area contributed by atoms with Crippen LogP contribution in [0.25, 0.3) is 11.0 Å². The van der Waals surface area contributed by atoms with E-state index < -0.39 is 5.63 Å². The molecule has 0 spiro atoms. The third-order valence-corrected chi connectivity index (χ3v) is 4.84. The summed E-state index contributed by atoms with van der Waals surface area (Å²) < 4.78 is 11.1. The largest absolute Gasteiger partial charge is 0.452 e. The highest BCUT2D eigenvalue weighted by Crippen LogP contribution is 2.35. The van der Waals surface area contributed by atoms with E-state index >= 15 is 0 Å². The highest BCUT2D eigenvalue weighted by Gasteiger charge is 2.31. The van der Waals surface area contributed by atoms with Crippen molar-refractivity contribution in [2.75, 3.05) is 26.2 Å². The molecule has 2 aliphatic rings. The Kier molecular flexibility index (Phi) is 4.86. The van der Waals surface area contributed by atoms with Crippen LogP contribution in [0.2, 0.25) is 0 Å². The van der Waals surface area contributed by atoms with E-state index in [2.05, 4.69) is 10.6 Å². The van der Waals surface area contributed by atoms with Crippen molar-refractivity contribution in [2.24, 2.45) is 0 Å². The van der Waals surface area contributed by atoms with Gasteiger partial charge in [-0.2, -0.15) is 0 Å². The van der Waals surface area contributed by atoms with Crippen LogP contribution in [0.1, 0.15) is 36.0 Å². The molecule has 0 radical (unpaired) electrons. The first kappa shape index (κ1) is 17.0. The fourth-order valence-electron chi connectivity index (χ4n) is 3.43. The van der Waals surface area contributed by atoms with E-state index in [9.17, 15) is 9.59 Å². The molecule has 1 aromatic carbocycles. The van der Waals surface area contributed by atoms with Crippen LogP contribution < -0.4 is 21.0 Å². The van der Waals surface area contributed by atoms with Crippen LogP contribution in [0.15, 0.2) is 44.8 Å². The summed E-state index contributed by atoms with van der Waals surface area (Å²) in [5.41, 5.74) is 1.45. The van der Waals surface area contributed by atoms with Gasteiger partial charge in [-0.3, -0.25) is 4.79 Å². The Balaban J connectivity index is 1.67. The average molecular weight is 354 g/mol. The molecule has 2 aromatic rings. The molecule has 2 aliphatic heterocycles. The highest BCUT2D eigenvalue weighted by atomic mass is 16.5. The molecular weight excluding hydrogens is 332 g/mol. The molecule has 0 saturated carbocycles. The number of carbonyl (C=O) groups is 1. The molecule has 1 saturated heterocycles. The quantitative estimate of drug-likeness (QED) is 0.558. The van der Waals surface area contributed by atoms with Crippen LogP contribution in [0.3, 0.4) is 0 Å². The molecule has 1 aromatic heterocycles. The van der Waals surface area contributed by atoms with E-state index in [1.54, 1.807) is 18.2 Å². The number of hydrogen-bond acceptors (Lipinski definition) is 6. The number of ketones is 1. The lowest BCUT2D eigenvalue weighted by molar-refractivity contribution is 0.101. The summed E-state index contributed by atoms with van der Waals surface area (Å²) in [6.07, 6.45) is 4.72. The fraction of sp³-hybridized carbons (Fsp3) is 0.400. The Morgan fingerprint density at radius 1 is 0.885 bits per heavy atom. The third kappa shape index (κ3) is 3.43. The van der Waals surface area contributed by atoms with Crippen molar-refractivity contribution in [2.45, 2.75) is 25.7 Å². The van der Waals surface area contributed by atoms with Crippen LogP contribution in [0.4, 0.5) is 0 Å². The number of nitrogens with one attached hydrogen (secondary N) is 2. The van der Waals surface area contributed by atoms with E-state index in [4.69, 9.17) is 9.15 Å². The number of ether oxygens (including phenoxy) is 1. The van der Waals surface area contributed by atoms with Gasteiger partial charge in [-0.1, -0.05) is 12.8 Å². The molecule has 3 heterocycles. The van der Waals surface area contributed by atoms with Gasteiger partial charge in [0.25, 0.3) is 0 Å². The maximum absolute atomic E-state index is 12.9. The standard InChI is InChI=1S/C20H22N2O4/c23-18-6-5-13-9-15-17(10-16(13)25-18)26-20(19(15)24)14-11-21-7-3-1-2-4-8-22-12-14/h5-6,9-10,21-22H,1-4,7-8,11-12H2. The minimum absolute atomic E-state index is 0.110. The number of Topliss-reactive ketones (excluding diaryl/α,β-unsaturated/α-hetero) is 1. The van der Waals surface area contributed by atoms with Gasteiger partial charge in [-0.05, 0) is 38.1 Å². The first-order valence-electron chi connectivity index (χ1n) is 9.16. The molecule has 6 heteroatoms. The molecule has 0 aliphatic carbocycles. The maximum atomic E-state index is 12.9. The van der Waals surface area contributed by atoms with Gasteiger partial charge in [0.1, 0.15) is 11.3 Å². The predicted octanol–water partition coefficient (Wildman–Crippen LogP) is 2.38. The maximum Gasteiger partial charge on any atom is 0.336 e. The van der Waals surface area contributed by atoms with E-state index in [1.165, 1.54) is 18.9 Å². The van der Waals surface area contributed by atoms with Gasteiger partial charge in [0.2, 0.25) is 5.78 Å². The van der Waals surface area contributed by atoms with Crippen LogP contribution in [0, 0.1) is 0 Å². The number of hydrogen-bond donors (Lipinski definition) is 2. The van der Waals surface area contributed by atoms with Gasteiger partial charge in [-0.15, -0.1) is 0 Å². The zero-order valence-corrected chi connectivity index (χ0v) is 14.6. The molecular formula is C20H22N2O4.